The molecule has 2 rings (SSSR count). The topological polar surface area (TPSA) is 53.7 Å². The Bertz CT molecular complexity index is 481. The van der Waals surface area contributed by atoms with Crippen LogP contribution in [0.2, 0.25) is 0 Å². The van der Waals surface area contributed by atoms with E-state index in [0.717, 1.165) is 12.0 Å². The maximum atomic E-state index is 6.66. The summed E-state index contributed by atoms with van der Waals surface area (Å²) < 4.78 is 16.4. The molecule has 0 aliphatic heterocycles. The van der Waals surface area contributed by atoms with Crippen LogP contribution in [-0.4, -0.2) is 21.3 Å². The highest BCUT2D eigenvalue weighted by Gasteiger charge is 2.40. The number of ether oxygens (including phenoxy) is 3. The zero-order chi connectivity index (χ0) is 15.5. The number of hydrogen-bond acceptors (Lipinski definition) is 4. The molecule has 1 saturated carbocycles. The van der Waals surface area contributed by atoms with Crippen molar-refractivity contribution in [3.63, 3.8) is 0 Å². The molecular weight excluding hydrogens is 266 g/mol. The third-order valence-corrected chi connectivity index (χ3v) is 5.03. The van der Waals surface area contributed by atoms with Crippen LogP contribution in [0, 0.1) is 5.41 Å². The smallest absolute Gasteiger partial charge is 0.203 e. The molecule has 1 aliphatic rings. The average Bonchev–Trinajstić information content (AvgIpc) is 3.02. The lowest BCUT2D eigenvalue weighted by Crippen LogP contribution is -2.32. The van der Waals surface area contributed by atoms with Gasteiger partial charge in [-0.15, -0.1) is 0 Å². The number of hydrogen-bond donors (Lipinski definition) is 1. The highest BCUT2D eigenvalue weighted by molar-refractivity contribution is 5.57. The fraction of sp³-hybridized carbons (Fsp3) is 0.647. The van der Waals surface area contributed by atoms with Crippen LogP contribution in [0.3, 0.4) is 0 Å². The fourth-order valence-corrected chi connectivity index (χ4v) is 3.66. The molecule has 0 radical (unpaired) electrons. The van der Waals surface area contributed by atoms with E-state index >= 15 is 0 Å². The van der Waals surface area contributed by atoms with Crippen molar-refractivity contribution in [1.29, 1.82) is 0 Å². The van der Waals surface area contributed by atoms with E-state index in [4.69, 9.17) is 19.9 Å². The molecule has 0 bridgehead atoms. The highest BCUT2D eigenvalue weighted by Crippen LogP contribution is 2.52. The Hall–Kier alpha value is -1.42. The van der Waals surface area contributed by atoms with Crippen LogP contribution >= 0.6 is 0 Å². The minimum absolute atomic E-state index is 0.0419. The Morgan fingerprint density at radius 1 is 1.05 bits per heavy atom. The first kappa shape index (κ1) is 16.0. The van der Waals surface area contributed by atoms with Crippen LogP contribution in [0.25, 0.3) is 0 Å². The first-order valence-electron chi connectivity index (χ1n) is 7.68. The lowest BCUT2D eigenvalue weighted by Gasteiger charge is -2.35. The van der Waals surface area contributed by atoms with Crippen LogP contribution in [0.5, 0.6) is 17.2 Å². The van der Waals surface area contributed by atoms with Crippen LogP contribution in [-0.2, 0) is 0 Å². The van der Waals surface area contributed by atoms with E-state index < -0.39 is 0 Å². The summed E-state index contributed by atoms with van der Waals surface area (Å²) in [6, 6.07) is 3.88. The monoisotopic (exact) mass is 293 g/mol. The van der Waals surface area contributed by atoms with E-state index in [-0.39, 0.29) is 11.5 Å². The summed E-state index contributed by atoms with van der Waals surface area (Å²) >= 11 is 0. The summed E-state index contributed by atoms with van der Waals surface area (Å²) in [6.45, 7) is 2.23. The molecule has 2 N–H and O–H groups in total. The van der Waals surface area contributed by atoms with Crippen molar-refractivity contribution in [3.05, 3.63) is 17.7 Å². The molecule has 1 unspecified atom stereocenters. The SMILES string of the molecule is CCC1(C(N)c2ccc(OC)c(OC)c2OC)CCCC1. The molecule has 0 heterocycles. The van der Waals surface area contributed by atoms with Gasteiger partial charge in [-0.2, -0.15) is 0 Å². The van der Waals surface area contributed by atoms with Gasteiger partial charge in [-0.05, 0) is 36.8 Å². The molecule has 0 amide bonds. The van der Waals surface area contributed by atoms with Gasteiger partial charge in [0.25, 0.3) is 0 Å². The molecule has 4 nitrogen and oxygen atoms in total. The van der Waals surface area contributed by atoms with Crippen molar-refractivity contribution in [2.24, 2.45) is 11.1 Å². The molecule has 1 aliphatic carbocycles. The second-order valence-electron chi connectivity index (χ2n) is 5.82. The van der Waals surface area contributed by atoms with Crippen molar-refractivity contribution >= 4 is 0 Å². The summed E-state index contributed by atoms with van der Waals surface area (Å²) in [5, 5.41) is 0. The van der Waals surface area contributed by atoms with Gasteiger partial charge in [0.1, 0.15) is 0 Å². The van der Waals surface area contributed by atoms with Crippen LogP contribution in [0.15, 0.2) is 12.1 Å². The molecule has 0 aromatic heterocycles. The average molecular weight is 293 g/mol. The Labute approximate surface area is 127 Å². The Morgan fingerprint density at radius 2 is 1.67 bits per heavy atom. The lowest BCUT2D eigenvalue weighted by molar-refractivity contribution is 0.216. The molecule has 0 saturated heterocycles. The van der Waals surface area contributed by atoms with E-state index in [1.165, 1.54) is 25.7 Å². The molecule has 1 aromatic rings. The van der Waals surface area contributed by atoms with Crippen LogP contribution < -0.4 is 19.9 Å². The molecule has 1 aromatic carbocycles. The zero-order valence-electron chi connectivity index (χ0n) is 13.6. The normalized spacial score (nSPS) is 18.3. The van der Waals surface area contributed by atoms with Gasteiger partial charge in [-0.1, -0.05) is 19.8 Å². The van der Waals surface area contributed by atoms with Crippen LogP contribution in [0.4, 0.5) is 0 Å². The van der Waals surface area contributed by atoms with Crippen molar-refractivity contribution in [3.8, 4) is 17.2 Å². The van der Waals surface area contributed by atoms with Gasteiger partial charge >= 0.3 is 0 Å². The maximum Gasteiger partial charge on any atom is 0.203 e. The second-order valence-corrected chi connectivity index (χ2v) is 5.82. The molecule has 4 heteroatoms. The largest absolute Gasteiger partial charge is 0.493 e. The summed E-state index contributed by atoms with van der Waals surface area (Å²) in [7, 11) is 4.91. The first-order valence-corrected chi connectivity index (χ1v) is 7.68. The molecule has 21 heavy (non-hydrogen) atoms. The Kier molecular flexibility index (Phi) is 4.99. The van der Waals surface area contributed by atoms with Crippen molar-refractivity contribution in [2.45, 2.75) is 45.1 Å². The minimum atomic E-state index is -0.0419. The van der Waals surface area contributed by atoms with Crippen molar-refractivity contribution in [2.75, 3.05) is 21.3 Å². The Morgan fingerprint density at radius 3 is 2.14 bits per heavy atom. The number of benzene rings is 1. The molecular formula is C17H27NO3. The Balaban J connectivity index is 2.47. The van der Waals surface area contributed by atoms with E-state index in [2.05, 4.69) is 6.92 Å². The summed E-state index contributed by atoms with van der Waals surface area (Å²) in [5.74, 6) is 1.99. The number of rotatable bonds is 6. The summed E-state index contributed by atoms with van der Waals surface area (Å²) in [5.41, 5.74) is 7.85. The third-order valence-electron chi connectivity index (χ3n) is 5.03. The minimum Gasteiger partial charge on any atom is -0.493 e. The van der Waals surface area contributed by atoms with E-state index in [0.29, 0.717) is 17.2 Å². The molecule has 0 spiro atoms. The predicted octanol–water partition coefficient (Wildman–Crippen LogP) is 3.68. The van der Waals surface area contributed by atoms with Crippen LogP contribution in [0.1, 0.15) is 50.6 Å². The van der Waals surface area contributed by atoms with Gasteiger partial charge in [0.05, 0.1) is 21.3 Å². The molecule has 118 valence electrons. The standard InChI is InChI=1S/C17H27NO3/c1-5-17(10-6-7-11-17)16(18)12-8-9-13(19-2)15(21-4)14(12)20-3/h8-9,16H,5-7,10-11,18H2,1-4H3. The van der Waals surface area contributed by atoms with Crippen molar-refractivity contribution in [1.82, 2.24) is 0 Å². The van der Waals surface area contributed by atoms with Gasteiger partial charge in [-0.25, -0.2) is 0 Å². The first-order chi connectivity index (χ1) is 10.1. The maximum absolute atomic E-state index is 6.66. The lowest BCUT2D eigenvalue weighted by atomic mass is 9.73. The molecule has 1 atom stereocenters. The quantitative estimate of drug-likeness (QED) is 0.869. The third kappa shape index (κ3) is 2.69. The van der Waals surface area contributed by atoms with Gasteiger partial charge < -0.3 is 19.9 Å². The molecule has 1 fully saturated rings. The number of methoxy groups -OCH3 is 3. The zero-order valence-corrected chi connectivity index (χ0v) is 13.6. The number of nitrogens with two attached hydrogens (primary N) is 1. The predicted molar refractivity (Wildman–Crippen MR) is 84.2 cm³/mol. The van der Waals surface area contributed by atoms with E-state index in [1.54, 1.807) is 21.3 Å². The van der Waals surface area contributed by atoms with Gasteiger partial charge in [0, 0.05) is 11.6 Å². The highest BCUT2D eigenvalue weighted by atomic mass is 16.5. The summed E-state index contributed by atoms with van der Waals surface area (Å²) in [6.07, 6.45) is 5.98. The van der Waals surface area contributed by atoms with Crippen molar-refractivity contribution < 1.29 is 14.2 Å². The van der Waals surface area contributed by atoms with E-state index in [9.17, 15) is 0 Å². The summed E-state index contributed by atoms with van der Waals surface area (Å²) in [4.78, 5) is 0. The van der Waals surface area contributed by atoms with E-state index in [1.807, 2.05) is 12.1 Å². The fourth-order valence-electron chi connectivity index (χ4n) is 3.66. The van der Waals surface area contributed by atoms with Gasteiger partial charge in [0.15, 0.2) is 11.5 Å². The second kappa shape index (κ2) is 6.56. The van der Waals surface area contributed by atoms with Gasteiger partial charge in [0.2, 0.25) is 5.75 Å². The van der Waals surface area contributed by atoms with Gasteiger partial charge in [-0.3, -0.25) is 0 Å².